The zero-order valence-corrected chi connectivity index (χ0v) is 8.85. The number of hydrogen-bond donors (Lipinski definition) is 0. The molecule has 0 amide bonds. The first kappa shape index (κ1) is 11.5. The molecular weight excluding hydrogens is 144 g/mol. The van der Waals surface area contributed by atoms with Gasteiger partial charge in [0.2, 0.25) is 0 Å². The van der Waals surface area contributed by atoms with Crippen molar-refractivity contribution in [2.24, 2.45) is 5.92 Å². The molecular formula is C12H21. The summed E-state index contributed by atoms with van der Waals surface area (Å²) in [5.41, 5.74) is 1.28. The van der Waals surface area contributed by atoms with Crippen LogP contribution in [0.3, 0.4) is 0 Å². The molecule has 0 aliphatic rings. The molecule has 0 rings (SSSR count). The van der Waals surface area contributed by atoms with Gasteiger partial charge in [0.25, 0.3) is 0 Å². The van der Waals surface area contributed by atoms with E-state index in [0.717, 1.165) is 12.8 Å². The molecule has 1 radical (unpaired) electrons. The number of rotatable bonds is 5. The highest BCUT2D eigenvalue weighted by Gasteiger charge is 2.08. The quantitative estimate of drug-likeness (QED) is 0.537. The molecule has 0 spiro atoms. The second-order valence-corrected chi connectivity index (χ2v) is 3.46. The standard InChI is InChI=1S/C12H21/c1-6-8-12(7-2)9-11(5)10(3)4/h6,8,11H,3,7,9H2,1-2,4-5H3. The summed E-state index contributed by atoms with van der Waals surface area (Å²) in [5.74, 6) is 2.14. The van der Waals surface area contributed by atoms with Gasteiger partial charge in [-0.15, -0.1) is 0 Å². The topological polar surface area (TPSA) is 0 Å². The fraction of sp³-hybridized carbons (Fsp3) is 0.583. The zero-order chi connectivity index (χ0) is 9.56. The first-order valence-corrected chi connectivity index (χ1v) is 4.74. The van der Waals surface area contributed by atoms with Crippen LogP contribution in [0.2, 0.25) is 0 Å². The molecule has 0 heterocycles. The molecule has 0 nitrogen and oxygen atoms in total. The van der Waals surface area contributed by atoms with Crippen LogP contribution in [-0.4, -0.2) is 0 Å². The van der Waals surface area contributed by atoms with E-state index in [1.807, 2.05) is 0 Å². The second kappa shape index (κ2) is 6.05. The lowest BCUT2D eigenvalue weighted by atomic mass is 9.90. The Balaban J connectivity index is 3.93. The Morgan fingerprint density at radius 2 is 2.08 bits per heavy atom. The Kier molecular flexibility index (Phi) is 5.79. The number of hydrogen-bond acceptors (Lipinski definition) is 0. The Morgan fingerprint density at radius 3 is 2.42 bits per heavy atom. The van der Waals surface area contributed by atoms with E-state index in [2.05, 4.69) is 46.4 Å². The third-order valence-electron chi connectivity index (χ3n) is 2.27. The predicted octanol–water partition coefficient (Wildman–Crippen LogP) is 4.15. The second-order valence-electron chi connectivity index (χ2n) is 3.46. The summed E-state index contributed by atoms with van der Waals surface area (Å²) in [4.78, 5) is 0. The minimum Gasteiger partial charge on any atom is -0.0999 e. The van der Waals surface area contributed by atoms with E-state index in [-0.39, 0.29) is 0 Å². The van der Waals surface area contributed by atoms with E-state index in [9.17, 15) is 0 Å². The van der Waals surface area contributed by atoms with Crippen LogP contribution in [0, 0.1) is 11.8 Å². The normalized spacial score (nSPS) is 14.1. The van der Waals surface area contributed by atoms with Gasteiger partial charge in [-0.05, 0) is 38.5 Å². The molecule has 1 unspecified atom stereocenters. The van der Waals surface area contributed by atoms with Gasteiger partial charge in [-0.3, -0.25) is 0 Å². The van der Waals surface area contributed by atoms with Crippen LogP contribution in [0.15, 0.2) is 24.3 Å². The average Bonchev–Trinajstić information content (AvgIpc) is 2.03. The third-order valence-corrected chi connectivity index (χ3v) is 2.27. The fourth-order valence-electron chi connectivity index (χ4n) is 1.13. The Labute approximate surface area is 77.4 Å². The van der Waals surface area contributed by atoms with Gasteiger partial charge in [-0.25, -0.2) is 0 Å². The van der Waals surface area contributed by atoms with Crippen molar-refractivity contribution in [3.8, 4) is 0 Å². The van der Waals surface area contributed by atoms with Crippen molar-refractivity contribution < 1.29 is 0 Å². The van der Waals surface area contributed by atoms with E-state index in [0.29, 0.717) is 5.92 Å². The maximum absolute atomic E-state index is 3.97. The highest BCUT2D eigenvalue weighted by atomic mass is 14.1. The lowest BCUT2D eigenvalue weighted by Crippen LogP contribution is -2.02. The molecule has 0 bridgehead atoms. The van der Waals surface area contributed by atoms with Crippen molar-refractivity contribution in [2.75, 3.05) is 0 Å². The zero-order valence-electron chi connectivity index (χ0n) is 8.85. The van der Waals surface area contributed by atoms with Crippen molar-refractivity contribution in [2.45, 2.75) is 40.5 Å². The maximum atomic E-state index is 3.97. The van der Waals surface area contributed by atoms with Crippen molar-refractivity contribution in [1.29, 1.82) is 0 Å². The fourth-order valence-corrected chi connectivity index (χ4v) is 1.13. The van der Waals surface area contributed by atoms with Gasteiger partial charge in [-0.1, -0.05) is 38.2 Å². The summed E-state index contributed by atoms with van der Waals surface area (Å²) >= 11 is 0. The van der Waals surface area contributed by atoms with Gasteiger partial charge in [0.05, 0.1) is 0 Å². The van der Waals surface area contributed by atoms with E-state index < -0.39 is 0 Å². The van der Waals surface area contributed by atoms with Crippen LogP contribution in [-0.2, 0) is 0 Å². The van der Waals surface area contributed by atoms with Gasteiger partial charge in [0.1, 0.15) is 0 Å². The molecule has 0 aromatic carbocycles. The summed E-state index contributed by atoms with van der Waals surface area (Å²) in [6, 6.07) is 0. The molecule has 12 heavy (non-hydrogen) atoms. The molecule has 0 aromatic heterocycles. The average molecular weight is 165 g/mol. The van der Waals surface area contributed by atoms with E-state index >= 15 is 0 Å². The first-order valence-electron chi connectivity index (χ1n) is 4.74. The van der Waals surface area contributed by atoms with Crippen LogP contribution in [0.25, 0.3) is 0 Å². The van der Waals surface area contributed by atoms with Crippen LogP contribution in [0.4, 0.5) is 0 Å². The Morgan fingerprint density at radius 1 is 1.50 bits per heavy atom. The summed E-state index contributed by atoms with van der Waals surface area (Å²) in [6.07, 6.45) is 6.65. The van der Waals surface area contributed by atoms with Crippen molar-refractivity contribution >= 4 is 0 Å². The first-order chi connectivity index (χ1) is 5.61. The molecule has 0 saturated carbocycles. The highest BCUT2D eigenvalue weighted by molar-refractivity contribution is 5.11. The van der Waals surface area contributed by atoms with Crippen LogP contribution >= 0.6 is 0 Å². The molecule has 69 valence electrons. The smallest absolute Gasteiger partial charge is 0.00244 e. The largest absolute Gasteiger partial charge is 0.0999 e. The summed E-state index contributed by atoms with van der Waals surface area (Å²) in [5, 5.41) is 0. The third kappa shape index (κ3) is 4.38. The molecule has 0 fully saturated rings. The molecule has 0 N–H and O–H groups in total. The SMILES string of the molecule is C=C(C)C(C)C[C](C=CC)CC. The van der Waals surface area contributed by atoms with Gasteiger partial charge >= 0.3 is 0 Å². The van der Waals surface area contributed by atoms with E-state index in [4.69, 9.17) is 0 Å². The Hall–Kier alpha value is -0.520. The lowest BCUT2D eigenvalue weighted by Gasteiger charge is -2.15. The summed E-state index contributed by atoms with van der Waals surface area (Å²) < 4.78 is 0. The van der Waals surface area contributed by atoms with Crippen molar-refractivity contribution in [3.63, 3.8) is 0 Å². The minimum absolute atomic E-state index is 0.621. The molecule has 0 saturated heterocycles. The molecule has 0 aliphatic heterocycles. The summed E-state index contributed by atoms with van der Waals surface area (Å²) in [7, 11) is 0. The van der Waals surface area contributed by atoms with Crippen molar-refractivity contribution in [3.05, 3.63) is 30.2 Å². The number of allylic oxidation sites excluding steroid dienone is 3. The van der Waals surface area contributed by atoms with Gasteiger partial charge in [0, 0.05) is 0 Å². The minimum atomic E-state index is 0.621. The Bertz CT molecular complexity index is 153. The van der Waals surface area contributed by atoms with Gasteiger partial charge in [0.15, 0.2) is 0 Å². The van der Waals surface area contributed by atoms with E-state index in [1.165, 1.54) is 11.5 Å². The highest BCUT2D eigenvalue weighted by Crippen LogP contribution is 2.23. The van der Waals surface area contributed by atoms with Crippen molar-refractivity contribution in [1.82, 2.24) is 0 Å². The lowest BCUT2D eigenvalue weighted by molar-refractivity contribution is 0.623. The van der Waals surface area contributed by atoms with E-state index in [1.54, 1.807) is 0 Å². The summed E-state index contributed by atoms with van der Waals surface area (Å²) in [6.45, 7) is 12.6. The van der Waals surface area contributed by atoms with Gasteiger partial charge in [-0.2, -0.15) is 0 Å². The molecule has 1 atom stereocenters. The van der Waals surface area contributed by atoms with Crippen LogP contribution < -0.4 is 0 Å². The predicted molar refractivity (Wildman–Crippen MR) is 56.9 cm³/mol. The maximum Gasteiger partial charge on any atom is -0.00244 e. The van der Waals surface area contributed by atoms with Gasteiger partial charge < -0.3 is 0 Å². The molecule has 0 heteroatoms. The molecule has 0 aliphatic carbocycles. The molecule has 0 aromatic rings. The van der Waals surface area contributed by atoms with Crippen LogP contribution in [0.5, 0.6) is 0 Å². The monoisotopic (exact) mass is 165 g/mol. The van der Waals surface area contributed by atoms with Crippen LogP contribution in [0.1, 0.15) is 40.5 Å².